The molecule has 0 fully saturated rings. The molecule has 0 aliphatic carbocycles. The maximum atomic E-state index is 12.8. The smallest absolute Gasteiger partial charge is 0.267 e. The van der Waals surface area contributed by atoms with Crippen molar-refractivity contribution in [1.29, 1.82) is 0 Å². The van der Waals surface area contributed by atoms with Gasteiger partial charge in [-0.3, -0.25) is 14.4 Å². The third-order valence-electron chi connectivity index (χ3n) is 5.34. The number of carbonyl (C=O) groups excluding carboxylic acids is 3. The van der Waals surface area contributed by atoms with E-state index in [2.05, 4.69) is 10.6 Å². The van der Waals surface area contributed by atoms with Crippen LogP contribution >= 0.6 is 0 Å². The molecule has 0 saturated carbocycles. The number of rotatable bonds is 13. The molecule has 0 heterocycles. The van der Waals surface area contributed by atoms with E-state index in [-0.39, 0.29) is 25.0 Å². The highest BCUT2D eigenvalue weighted by molar-refractivity contribution is 6.05. The highest BCUT2D eigenvalue weighted by Crippen LogP contribution is 2.16. The van der Waals surface area contributed by atoms with Crippen LogP contribution < -0.4 is 20.1 Å². The molecule has 0 aliphatic heterocycles. The lowest BCUT2D eigenvalue weighted by Crippen LogP contribution is -2.36. The van der Waals surface area contributed by atoms with Crippen molar-refractivity contribution in [2.75, 3.05) is 19.8 Å². The van der Waals surface area contributed by atoms with Crippen molar-refractivity contribution in [1.82, 2.24) is 10.6 Å². The average Bonchev–Trinajstić information content (AvgIpc) is 2.92. The van der Waals surface area contributed by atoms with Crippen molar-refractivity contribution in [3.8, 4) is 11.5 Å². The fourth-order valence-electron chi connectivity index (χ4n) is 3.45. The van der Waals surface area contributed by atoms with Gasteiger partial charge in [0.05, 0.1) is 19.3 Å². The van der Waals surface area contributed by atoms with Gasteiger partial charge < -0.3 is 25.2 Å². The highest BCUT2D eigenvalue weighted by Gasteiger charge is 2.15. The van der Waals surface area contributed by atoms with E-state index in [1.54, 1.807) is 48.5 Å². The first-order chi connectivity index (χ1) is 18.4. The Morgan fingerprint density at radius 3 is 2.13 bits per heavy atom. The molecular weight excluding hydrogens is 484 g/mol. The standard InChI is InChI=1S/C30H32N2O6/c1-21(2)38-27-11-7-22(8-12-27)15-18-37-26-13-9-25(10-14-26)29(35)32-28(30(36)31-16-17-33)19-23-3-5-24(20-34)6-4-23/h3-14,19-21,33H,15-18H2,1-2H3,(H,31,36)(H,32,35)/b28-19-. The van der Waals surface area contributed by atoms with E-state index in [1.807, 2.05) is 38.1 Å². The minimum absolute atomic E-state index is 0.00689. The number of aliphatic hydroxyl groups excluding tert-OH is 1. The van der Waals surface area contributed by atoms with Crippen LogP contribution in [-0.2, 0) is 11.2 Å². The molecule has 3 aromatic carbocycles. The number of carbonyl (C=O) groups is 3. The molecule has 0 saturated heterocycles. The summed E-state index contributed by atoms with van der Waals surface area (Å²) >= 11 is 0. The molecule has 8 nitrogen and oxygen atoms in total. The Kier molecular flexibility index (Phi) is 10.6. The van der Waals surface area contributed by atoms with Crippen LogP contribution in [0.5, 0.6) is 11.5 Å². The van der Waals surface area contributed by atoms with Crippen LogP contribution in [0.2, 0.25) is 0 Å². The van der Waals surface area contributed by atoms with Crippen LogP contribution in [-0.4, -0.2) is 49.1 Å². The Balaban J connectivity index is 1.59. The highest BCUT2D eigenvalue weighted by atomic mass is 16.5. The summed E-state index contributed by atoms with van der Waals surface area (Å²) in [4.78, 5) is 36.3. The van der Waals surface area contributed by atoms with Crippen molar-refractivity contribution < 1.29 is 29.0 Å². The summed E-state index contributed by atoms with van der Waals surface area (Å²) in [7, 11) is 0. The quantitative estimate of drug-likeness (QED) is 0.235. The molecule has 0 spiro atoms. The second-order valence-corrected chi connectivity index (χ2v) is 8.71. The summed E-state index contributed by atoms with van der Waals surface area (Å²) < 4.78 is 11.5. The maximum Gasteiger partial charge on any atom is 0.267 e. The van der Waals surface area contributed by atoms with E-state index in [0.29, 0.717) is 29.0 Å². The van der Waals surface area contributed by atoms with Gasteiger partial charge in [0.15, 0.2) is 0 Å². The van der Waals surface area contributed by atoms with Gasteiger partial charge in [-0.05, 0) is 67.4 Å². The number of benzene rings is 3. The van der Waals surface area contributed by atoms with E-state index in [4.69, 9.17) is 14.6 Å². The van der Waals surface area contributed by atoms with Crippen molar-refractivity contribution in [2.24, 2.45) is 0 Å². The predicted molar refractivity (Wildman–Crippen MR) is 145 cm³/mol. The maximum absolute atomic E-state index is 12.8. The summed E-state index contributed by atoms with van der Waals surface area (Å²) in [5.41, 5.74) is 2.59. The molecule has 198 valence electrons. The summed E-state index contributed by atoms with van der Waals surface area (Å²) in [5, 5.41) is 14.2. The van der Waals surface area contributed by atoms with Crippen molar-refractivity contribution >= 4 is 24.2 Å². The second kappa shape index (κ2) is 14.3. The lowest BCUT2D eigenvalue weighted by atomic mass is 10.1. The van der Waals surface area contributed by atoms with E-state index in [0.717, 1.165) is 24.0 Å². The van der Waals surface area contributed by atoms with Gasteiger partial charge in [0.25, 0.3) is 11.8 Å². The van der Waals surface area contributed by atoms with Crippen LogP contribution in [0, 0.1) is 0 Å². The first kappa shape index (κ1) is 28.1. The number of amides is 2. The van der Waals surface area contributed by atoms with Gasteiger partial charge in [-0.2, -0.15) is 0 Å². The van der Waals surface area contributed by atoms with Gasteiger partial charge in [0.2, 0.25) is 0 Å². The van der Waals surface area contributed by atoms with E-state index >= 15 is 0 Å². The molecule has 0 radical (unpaired) electrons. The predicted octanol–water partition coefficient (Wildman–Crippen LogP) is 3.79. The largest absolute Gasteiger partial charge is 0.493 e. The molecule has 0 aromatic heterocycles. The lowest BCUT2D eigenvalue weighted by molar-refractivity contribution is -0.117. The number of nitrogens with one attached hydrogen (secondary N) is 2. The molecule has 8 heteroatoms. The zero-order valence-corrected chi connectivity index (χ0v) is 21.5. The minimum Gasteiger partial charge on any atom is -0.493 e. The first-order valence-corrected chi connectivity index (χ1v) is 12.3. The Morgan fingerprint density at radius 1 is 0.895 bits per heavy atom. The molecule has 3 aromatic rings. The topological polar surface area (TPSA) is 114 Å². The molecule has 3 rings (SSSR count). The van der Waals surface area contributed by atoms with Crippen LogP contribution in [0.25, 0.3) is 6.08 Å². The van der Waals surface area contributed by atoms with Gasteiger partial charge in [-0.15, -0.1) is 0 Å². The van der Waals surface area contributed by atoms with Crippen LogP contribution in [0.1, 0.15) is 45.7 Å². The number of hydrogen-bond acceptors (Lipinski definition) is 6. The second-order valence-electron chi connectivity index (χ2n) is 8.71. The number of aliphatic hydroxyl groups is 1. The van der Waals surface area contributed by atoms with E-state index < -0.39 is 11.8 Å². The Hall–Kier alpha value is -4.43. The molecule has 0 unspecified atom stereocenters. The summed E-state index contributed by atoms with van der Waals surface area (Å²) in [6, 6.07) is 21.1. The van der Waals surface area contributed by atoms with Crippen molar-refractivity contribution in [2.45, 2.75) is 26.4 Å². The Labute approximate surface area is 222 Å². The average molecular weight is 517 g/mol. The van der Waals surface area contributed by atoms with Crippen LogP contribution in [0.15, 0.2) is 78.5 Å². The molecule has 0 atom stereocenters. The lowest BCUT2D eigenvalue weighted by Gasteiger charge is -2.12. The summed E-state index contributed by atoms with van der Waals surface area (Å²) in [6.45, 7) is 4.24. The van der Waals surface area contributed by atoms with E-state index in [9.17, 15) is 14.4 Å². The summed E-state index contributed by atoms with van der Waals surface area (Å²) in [6.07, 6.45) is 3.06. The molecule has 0 aliphatic rings. The number of ether oxygens (including phenoxy) is 2. The van der Waals surface area contributed by atoms with Crippen molar-refractivity contribution in [3.63, 3.8) is 0 Å². The fourth-order valence-corrected chi connectivity index (χ4v) is 3.45. The summed E-state index contributed by atoms with van der Waals surface area (Å²) in [5.74, 6) is 0.428. The van der Waals surface area contributed by atoms with Crippen molar-refractivity contribution in [3.05, 3.63) is 101 Å². The van der Waals surface area contributed by atoms with Gasteiger partial charge in [-0.25, -0.2) is 0 Å². The zero-order chi connectivity index (χ0) is 27.3. The van der Waals surface area contributed by atoms with Gasteiger partial charge >= 0.3 is 0 Å². The van der Waals surface area contributed by atoms with Crippen LogP contribution in [0.4, 0.5) is 0 Å². The third kappa shape index (κ3) is 8.90. The third-order valence-corrected chi connectivity index (χ3v) is 5.34. The SMILES string of the molecule is CC(C)Oc1ccc(CCOc2ccc(C(=O)N/C(=C\c3ccc(C=O)cc3)C(=O)NCCO)cc2)cc1. The first-order valence-electron chi connectivity index (χ1n) is 12.3. The Bertz CT molecular complexity index is 1230. The number of hydrogen-bond donors (Lipinski definition) is 3. The fraction of sp³-hybridized carbons (Fsp3) is 0.233. The molecule has 0 bridgehead atoms. The molecule has 2 amide bonds. The van der Waals surface area contributed by atoms with Gasteiger partial charge in [-0.1, -0.05) is 36.4 Å². The minimum atomic E-state index is -0.546. The Morgan fingerprint density at radius 2 is 1.53 bits per heavy atom. The van der Waals surface area contributed by atoms with E-state index in [1.165, 1.54) is 6.08 Å². The molecule has 38 heavy (non-hydrogen) atoms. The number of aldehydes is 1. The normalized spacial score (nSPS) is 11.1. The van der Waals surface area contributed by atoms with Gasteiger partial charge in [0.1, 0.15) is 23.5 Å². The molecule has 3 N–H and O–H groups in total. The monoisotopic (exact) mass is 516 g/mol. The zero-order valence-electron chi connectivity index (χ0n) is 21.5. The van der Waals surface area contributed by atoms with Gasteiger partial charge in [0, 0.05) is 24.1 Å². The van der Waals surface area contributed by atoms with Crippen LogP contribution in [0.3, 0.4) is 0 Å². The molecular formula is C30H32N2O6.